The molecule has 0 fully saturated rings. The zero-order valence-electron chi connectivity index (χ0n) is 10.1. The molecule has 3 aromatic rings. The monoisotopic (exact) mass is 272 g/mol. The topological polar surface area (TPSA) is 70.7 Å². The van der Waals surface area contributed by atoms with Crippen LogP contribution < -0.4 is 5.63 Å². The second-order valence-electron chi connectivity index (χ2n) is 4.28. The van der Waals surface area contributed by atoms with Crippen molar-refractivity contribution in [3.63, 3.8) is 0 Å². The molecule has 4 nitrogen and oxygen atoms in total. The molecule has 1 heterocycles. The first-order chi connectivity index (χ1) is 9.58. The molecule has 5 heteroatoms. The molecule has 0 bridgehead atoms. The van der Waals surface area contributed by atoms with Crippen molar-refractivity contribution < 1.29 is 19.0 Å². The van der Waals surface area contributed by atoms with Crippen LogP contribution in [0.3, 0.4) is 0 Å². The summed E-state index contributed by atoms with van der Waals surface area (Å²) in [7, 11) is 0. The maximum absolute atomic E-state index is 13.7. The molecular weight excluding hydrogens is 263 g/mol. The zero-order chi connectivity index (χ0) is 14.3. The van der Waals surface area contributed by atoms with E-state index in [2.05, 4.69) is 0 Å². The molecular formula is C15H9FO4. The number of aromatic hydroxyl groups is 2. The molecule has 2 N–H and O–H groups in total. The molecule has 0 aliphatic rings. The van der Waals surface area contributed by atoms with Crippen LogP contribution in [0.4, 0.5) is 4.39 Å². The molecule has 2 aromatic carbocycles. The first-order valence-electron chi connectivity index (χ1n) is 5.81. The molecule has 0 saturated carbocycles. The van der Waals surface area contributed by atoms with Crippen LogP contribution in [0.15, 0.2) is 51.7 Å². The number of benzene rings is 2. The van der Waals surface area contributed by atoms with E-state index < -0.39 is 17.2 Å². The predicted molar refractivity (Wildman–Crippen MR) is 71.2 cm³/mol. The van der Waals surface area contributed by atoms with E-state index in [4.69, 9.17) is 4.42 Å². The van der Waals surface area contributed by atoms with Crippen LogP contribution in [-0.2, 0) is 0 Å². The number of halogens is 1. The lowest BCUT2D eigenvalue weighted by Gasteiger charge is -2.05. The molecule has 0 saturated heterocycles. The molecule has 0 aliphatic carbocycles. The van der Waals surface area contributed by atoms with Gasteiger partial charge in [0, 0.05) is 10.9 Å². The molecule has 0 aliphatic heterocycles. The summed E-state index contributed by atoms with van der Waals surface area (Å²) in [5.74, 6) is -1.44. The molecule has 0 radical (unpaired) electrons. The Balaban J connectivity index is 2.35. The van der Waals surface area contributed by atoms with E-state index in [0.717, 1.165) is 0 Å². The third-order valence-electron chi connectivity index (χ3n) is 3.02. The Morgan fingerprint density at radius 3 is 2.50 bits per heavy atom. The van der Waals surface area contributed by atoms with Crippen LogP contribution in [0.2, 0.25) is 0 Å². The summed E-state index contributed by atoms with van der Waals surface area (Å²) in [6.45, 7) is 0. The van der Waals surface area contributed by atoms with E-state index >= 15 is 0 Å². The average molecular weight is 272 g/mol. The summed E-state index contributed by atoms with van der Waals surface area (Å²) in [6.07, 6.45) is 0. The molecule has 20 heavy (non-hydrogen) atoms. The molecule has 0 unspecified atom stereocenters. The van der Waals surface area contributed by atoms with Gasteiger partial charge in [-0.15, -0.1) is 0 Å². The number of hydrogen-bond donors (Lipinski definition) is 2. The average Bonchev–Trinajstić information content (AvgIpc) is 2.44. The van der Waals surface area contributed by atoms with Crippen molar-refractivity contribution in [3.05, 3.63) is 58.7 Å². The van der Waals surface area contributed by atoms with Crippen LogP contribution in [0, 0.1) is 5.82 Å². The SMILES string of the molecule is O=c1oc2c(O)c(O)ccc2cc1-c1ccccc1F. The Hall–Kier alpha value is -2.82. The molecule has 0 spiro atoms. The summed E-state index contributed by atoms with van der Waals surface area (Å²) in [4.78, 5) is 11.9. The van der Waals surface area contributed by atoms with Crippen LogP contribution >= 0.6 is 0 Å². The van der Waals surface area contributed by atoms with E-state index in [-0.39, 0.29) is 22.5 Å². The van der Waals surface area contributed by atoms with Crippen molar-refractivity contribution >= 4 is 11.0 Å². The summed E-state index contributed by atoms with van der Waals surface area (Å²) < 4.78 is 18.7. The van der Waals surface area contributed by atoms with Crippen molar-refractivity contribution in [2.24, 2.45) is 0 Å². The largest absolute Gasteiger partial charge is 0.504 e. The van der Waals surface area contributed by atoms with Gasteiger partial charge in [-0.25, -0.2) is 9.18 Å². The second-order valence-corrected chi connectivity index (χ2v) is 4.28. The van der Waals surface area contributed by atoms with Gasteiger partial charge < -0.3 is 14.6 Å². The number of phenols is 2. The fraction of sp³-hybridized carbons (Fsp3) is 0. The Labute approximate surface area is 112 Å². The summed E-state index contributed by atoms with van der Waals surface area (Å²) in [6, 6.07) is 9.99. The fourth-order valence-electron chi connectivity index (χ4n) is 2.03. The predicted octanol–water partition coefficient (Wildman–Crippen LogP) is 3.01. The highest BCUT2D eigenvalue weighted by molar-refractivity contribution is 5.87. The summed E-state index contributed by atoms with van der Waals surface area (Å²) >= 11 is 0. The van der Waals surface area contributed by atoms with Gasteiger partial charge in [0.1, 0.15) is 5.82 Å². The van der Waals surface area contributed by atoms with E-state index in [1.807, 2.05) is 0 Å². The van der Waals surface area contributed by atoms with Gasteiger partial charge in [-0.3, -0.25) is 0 Å². The third-order valence-corrected chi connectivity index (χ3v) is 3.02. The standard InChI is InChI=1S/C15H9FO4/c16-11-4-2-1-3-9(11)10-7-8-5-6-12(17)13(18)14(8)20-15(10)19/h1-7,17-18H. The minimum Gasteiger partial charge on any atom is -0.504 e. The van der Waals surface area contributed by atoms with E-state index in [9.17, 15) is 19.4 Å². The van der Waals surface area contributed by atoms with Crippen LogP contribution in [0.1, 0.15) is 0 Å². The van der Waals surface area contributed by atoms with Crippen molar-refractivity contribution in [2.75, 3.05) is 0 Å². The minimum atomic E-state index is -0.788. The van der Waals surface area contributed by atoms with Gasteiger partial charge in [0.2, 0.25) is 5.75 Å². The Bertz CT molecular complexity index is 867. The van der Waals surface area contributed by atoms with Gasteiger partial charge >= 0.3 is 5.63 Å². The minimum absolute atomic E-state index is 0.0562. The van der Waals surface area contributed by atoms with Gasteiger partial charge in [-0.2, -0.15) is 0 Å². The third kappa shape index (κ3) is 1.80. The first kappa shape index (κ1) is 12.2. The molecule has 0 atom stereocenters. The van der Waals surface area contributed by atoms with Crippen molar-refractivity contribution in [1.82, 2.24) is 0 Å². The maximum Gasteiger partial charge on any atom is 0.344 e. The lowest BCUT2D eigenvalue weighted by atomic mass is 10.1. The lowest BCUT2D eigenvalue weighted by Crippen LogP contribution is -2.03. The highest BCUT2D eigenvalue weighted by Gasteiger charge is 2.14. The summed E-state index contributed by atoms with van der Waals surface area (Å²) in [5.41, 5.74) is -0.741. The Morgan fingerprint density at radius 2 is 1.75 bits per heavy atom. The van der Waals surface area contributed by atoms with Gasteiger partial charge in [-0.1, -0.05) is 18.2 Å². The van der Waals surface area contributed by atoms with Crippen molar-refractivity contribution in [2.45, 2.75) is 0 Å². The van der Waals surface area contributed by atoms with E-state index in [0.29, 0.717) is 5.39 Å². The molecule has 3 rings (SSSR count). The van der Waals surface area contributed by atoms with Crippen LogP contribution in [0.25, 0.3) is 22.1 Å². The van der Waals surface area contributed by atoms with Gasteiger partial charge in [0.25, 0.3) is 0 Å². The highest BCUT2D eigenvalue weighted by Crippen LogP contribution is 2.34. The fourth-order valence-corrected chi connectivity index (χ4v) is 2.03. The van der Waals surface area contributed by atoms with E-state index in [1.165, 1.54) is 36.4 Å². The zero-order valence-corrected chi connectivity index (χ0v) is 10.1. The quantitative estimate of drug-likeness (QED) is 0.527. The Kier molecular flexibility index (Phi) is 2.68. The van der Waals surface area contributed by atoms with Crippen molar-refractivity contribution in [1.29, 1.82) is 0 Å². The second kappa shape index (κ2) is 4.38. The number of fused-ring (bicyclic) bond motifs is 1. The van der Waals surface area contributed by atoms with Gasteiger partial charge in [-0.05, 0) is 24.3 Å². The van der Waals surface area contributed by atoms with E-state index in [1.54, 1.807) is 6.07 Å². The number of phenolic OH excluding ortho intramolecular Hbond substituents is 2. The van der Waals surface area contributed by atoms with Crippen molar-refractivity contribution in [3.8, 4) is 22.6 Å². The summed E-state index contributed by atoms with van der Waals surface area (Å²) in [5, 5.41) is 19.4. The van der Waals surface area contributed by atoms with Gasteiger partial charge in [0.05, 0.1) is 5.56 Å². The lowest BCUT2D eigenvalue weighted by molar-refractivity contribution is 0.398. The van der Waals surface area contributed by atoms with Crippen LogP contribution in [-0.4, -0.2) is 10.2 Å². The Morgan fingerprint density at radius 1 is 1.00 bits per heavy atom. The molecule has 0 amide bonds. The maximum atomic E-state index is 13.7. The first-order valence-corrected chi connectivity index (χ1v) is 5.81. The molecule has 100 valence electrons. The number of rotatable bonds is 1. The van der Waals surface area contributed by atoms with Crippen LogP contribution in [0.5, 0.6) is 11.5 Å². The highest BCUT2D eigenvalue weighted by atomic mass is 19.1. The van der Waals surface area contributed by atoms with Gasteiger partial charge in [0.15, 0.2) is 11.3 Å². The smallest absolute Gasteiger partial charge is 0.344 e. The number of hydrogen-bond acceptors (Lipinski definition) is 4. The molecule has 1 aromatic heterocycles. The normalized spacial score (nSPS) is 10.8.